The van der Waals surface area contributed by atoms with Crippen molar-refractivity contribution in [3.8, 4) is 5.75 Å². The monoisotopic (exact) mass is 322 g/mol. The number of amides is 1. The lowest BCUT2D eigenvalue weighted by molar-refractivity contribution is 0.0932. The molecule has 0 heterocycles. The maximum Gasteiger partial charge on any atom is 0.251 e. The number of nitrogens with two attached hydrogens (primary N) is 1. The summed E-state index contributed by atoms with van der Waals surface area (Å²) in [5.41, 5.74) is 9.68. The van der Waals surface area contributed by atoms with Gasteiger partial charge in [-0.2, -0.15) is 0 Å². The Morgan fingerprint density at radius 1 is 1.29 bits per heavy atom. The molecule has 1 atom stereocenters. The summed E-state index contributed by atoms with van der Waals surface area (Å²) >= 11 is 0. The molecule has 1 aliphatic rings. The van der Waals surface area contributed by atoms with Gasteiger partial charge in [-0.05, 0) is 66.8 Å². The van der Waals surface area contributed by atoms with Crippen molar-refractivity contribution in [1.82, 2.24) is 5.32 Å². The van der Waals surface area contributed by atoms with E-state index in [1.807, 2.05) is 18.2 Å². The predicted octanol–water partition coefficient (Wildman–Crippen LogP) is 3.64. The number of rotatable bonds is 5. The molecule has 0 spiro atoms. The molecule has 0 radical (unpaired) electrons. The molecule has 0 saturated carbocycles. The normalized spacial score (nSPS) is 16.1. The first-order valence-electron chi connectivity index (χ1n) is 8.20. The van der Waals surface area contributed by atoms with Crippen molar-refractivity contribution >= 4 is 11.6 Å². The summed E-state index contributed by atoms with van der Waals surface area (Å²) in [5.74, 6) is 0.657. The van der Waals surface area contributed by atoms with Crippen LogP contribution in [0.4, 0.5) is 5.69 Å². The van der Waals surface area contributed by atoms with E-state index >= 15 is 0 Å². The highest BCUT2D eigenvalue weighted by molar-refractivity contribution is 5.94. The molecule has 0 bridgehead atoms. The molecular weight excluding hydrogens is 300 g/mol. The van der Waals surface area contributed by atoms with E-state index in [0.717, 1.165) is 30.7 Å². The Morgan fingerprint density at radius 3 is 2.83 bits per heavy atom. The van der Waals surface area contributed by atoms with Crippen LogP contribution >= 0.6 is 0 Å². The lowest BCUT2D eigenvalue weighted by Crippen LogP contribution is -2.31. The van der Waals surface area contributed by atoms with Crippen molar-refractivity contribution in [2.45, 2.75) is 25.3 Å². The van der Waals surface area contributed by atoms with E-state index in [0.29, 0.717) is 12.2 Å². The van der Waals surface area contributed by atoms with E-state index in [9.17, 15) is 4.79 Å². The number of benzene rings is 2. The molecule has 0 fully saturated rings. The summed E-state index contributed by atoms with van der Waals surface area (Å²) in [6.07, 6.45) is 4.70. The maximum absolute atomic E-state index is 12.5. The second-order valence-corrected chi connectivity index (χ2v) is 6.00. The van der Waals surface area contributed by atoms with Crippen molar-refractivity contribution in [3.63, 3.8) is 0 Å². The van der Waals surface area contributed by atoms with E-state index in [4.69, 9.17) is 10.5 Å². The molecule has 124 valence electrons. The highest BCUT2D eigenvalue weighted by atomic mass is 16.5. The van der Waals surface area contributed by atoms with E-state index in [1.54, 1.807) is 30.3 Å². The fourth-order valence-corrected chi connectivity index (χ4v) is 3.08. The third-order valence-electron chi connectivity index (χ3n) is 4.27. The van der Waals surface area contributed by atoms with Crippen LogP contribution in [-0.2, 0) is 6.42 Å². The van der Waals surface area contributed by atoms with Crippen LogP contribution in [0.3, 0.4) is 0 Å². The van der Waals surface area contributed by atoms with Gasteiger partial charge in [0, 0.05) is 11.3 Å². The average molecular weight is 322 g/mol. The third kappa shape index (κ3) is 3.59. The molecule has 0 aromatic heterocycles. The van der Waals surface area contributed by atoms with Gasteiger partial charge in [0.25, 0.3) is 5.91 Å². The molecule has 4 heteroatoms. The van der Waals surface area contributed by atoms with Crippen LogP contribution in [0.25, 0.3) is 0 Å². The van der Waals surface area contributed by atoms with Crippen molar-refractivity contribution < 1.29 is 9.53 Å². The fraction of sp³-hybridized carbons (Fsp3) is 0.250. The van der Waals surface area contributed by atoms with E-state index in [1.165, 1.54) is 11.1 Å². The van der Waals surface area contributed by atoms with Gasteiger partial charge in [0.15, 0.2) is 0 Å². The fourth-order valence-electron chi connectivity index (χ4n) is 3.08. The van der Waals surface area contributed by atoms with Crippen LogP contribution < -0.4 is 15.8 Å². The van der Waals surface area contributed by atoms with Crippen LogP contribution in [0.1, 0.15) is 40.4 Å². The van der Waals surface area contributed by atoms with Gasteiger partial charge in [0.2, 0.25) is 0 Å². The van der Waals surface area contributed by atoms with E-state index < -0.39 is 0 Å². The Balaban J connectivity index is 1.70. The SMILES string of the molecule is C=CCOc1ccc(C(=O)NC2CCCc3cc(N)ccc32)cc1. The van der Waals surface area contributed by atoms with Crippen LogP contribution in [0.5, 0.6) is 5.75 Å². The summed E-state index contributed by atoms with van der Waals surface area (Å²) in [5, 5.41) is 3.14. The Bertz CT molecular complexity index is 738. The van der Waals surface area contributed by atoms with Crippen molar-refractivity contribution in [2.75, 3.05) is 12.3 Å². The average Bonchev–Trinajstić information content (AvgIpc) is 2.60. The number of hydrogen-bond donors (Lipinski definition) is 2. The maximum atomic E-state index is 12.5. The van der Waals surface area contributed by atoms with Gasteiger partial charge in [0.05, 0.1) is 6.04 Å². The Hall–Kier alpha value is -2.75. The lowest BCUT2D eigenvalue weighted by Gasteiger charge is -2.26. The highest BCUT2D eigenvalue weighted by Crippen LogP contribution is 2.31. The largest absolute Gasteiger partial charge is 0.490 e. The third-order valence-corrected chi connectivity index (χ3v) is 4.27. The van der Waals surface area contributed by atoms with E-state index in [-0.39, 0.29) is 11.9 Å². The highest BCUT2D eigenvalue weighted by Gasteiger charge is 2.22. The molecule has 2 aromatic rings. The first-order chi connectivity index (χ1) is 11.7. The number of nitrogen functional groups attached to an aromatic ring is 1. The molecule has 0 aliphatic heterocycles. The molecule has 1 amide bonds. The van der Waals surface area contributed by atoms with Gasteiger partial charge in [-0.15, -0.1) is 0 Å². The van der Waals surface area contributed by atoms with E-state index in [2.05, 4.69) is 11.9 Å². The van der Waals surface area contributed by atoms with Crippen LogP contribution in [0.2, 0.25) is 0 Å². The minimum absolute atomic E-state index is 0.0403. The topological polar surface area (TPSA) is 64.3 Å². The van der Waals surface area contributed by atoms with Crippen molar-refractivity contribution in [2.24, 2.45) is 0 Å². The smallest absolute Gasteiger partial charge is 0.251 e. The number of carbonyl (C=O) groups excluding carboxylic acids is 1. The quantitative estimate of drug-likeness (QED) is 0.652. The molecule has 3 N–H and O–H groups in total. The number of carbonyl (C=O) groups is 1. The van der Waals surface area contributed by atoms with Crippen LogP contribution in [-0.4, -0.2) is 12.5 Å². The zero-order chi connectivity index (χ0) is 16.9. The molecule has 24 heavy (non-hydrogen) atoms. The Labute approximate surface area is 142 Å². The summed E-state index contributed by atoms with van der Waals surface area (Å²) in [4.78, 5) is 12.5. The molecule has 2 aromatic carbocycles. The first-order valence-corrected chi connectivity index (χ1v) is 8.20. The Kier molecular flexibility index (Phi) is 4.85. The minimum atomic E-state index is -0.0695. The van der Waals surface area contributed by atoms with Gasteiger partial charge < -0.3 is 15.8 Å². The number of hydrogen-bond acceptors (Lipinski definition) is 3. The molecule has 1 aliphatic carbocycles. The summed E-state index contributed by atoms with van der Waals surface area (Å²) in [6, 6.07) is 13.1. The number of fused-ring (bicyclic) bond motifs is 1. The summed E-state index contributed by atoms with van der Waals surface area (Å²) < 4.78 is 5.44. The molecule has 4 nitrogen and oxygen atoms in total. The van der Waals surface area contributed by atoms with Crippen molar-refractivity contribution in [1.29, 1.82) is 0 Å². The Morgan fingerprint density at radius 2 is 2.08 bits per heavy atom. The number of anilines is 1. The zero-order valence-corrected chi connectivity index (χ0v) is 13.6. The number of ether oxygens (including phenoxy) is 1. The number of nitrogens with one attached hydrogen (secondary N) is 1. The van der Waals surface area contributed by atoms with Gasteiger partial charge in [0.1, 0.15) is 12.4 Å². The first kappa shape index (κ1) is 16.1. The molecule has 0 saturated heterocycles. The van der Waals surface area contributed by atoms with Crippen molar-refractivity contribution in [3.05, 3.63) is 71.8 Å². The predicted molar refractivity (Wildman–Crippen MR) is 96.1 cm³/mol. The second kappa shape index (κ2) is 7.21. The summed E-state index contributed by atoms with van der Waals surface area (Å²) in [6.45, 7) is 4.07. The standard InChI is InChI=1S/C20H22N2O2/c1-2-12-24-17-9-6-14(7-10-17)20(23)22-19-5-3-4-15-13-16(21)8-11-18(15)19/h2,6-11,13,19H,1,3-5,12,21H2,(H,22,23). The van der Waals surface area contributed by atoms with Gasteiger partial charge >= 0.3 is 0 Å². The number of aryl methyl sites for hydroxylation is 1. The zero-order valence-electron chi connectivity index (χ0n) is 13.6. The van der Waals surface area contributed by atoms with Gasteiger partial charge in [-0.25, -0.2) is 0 Å². The summed E-state index contributed by atoms with van der Waals surface area (Å²) in [7, 11) is 0. The second-order valence-electron chi connectivity index (χ2n) is 6.00. The molecular formula is C20H22N2O2. The van der Waals surface area contributed by atoms with Gasteiger partial charge in [-0.1, -0.05) is 18.7 Å². The molecule has 1 unspecified atom stereocenters. The molecule has 3 rings (SSSR count). The van der Waals surface area contributed by atoms with Crippen LogP contribution in [0, 0.1) is 0 Å². The minimum Gasteiger partial charge on any atom is -0.490 e. The van der Waals surface area contributed by atoms with Gasteiger partial charge in [-0.3, -0.25) is 4.79 Å². The van der Waals surface area contributed by atoms with Crippen LogP contribution in [0.15, 0.2) is 55.1 Å². The lowest BCUT2D eigenvalue weighted by atomic mass is 9.87.